The zero-order chi connectivity index (χ0) is 31.1. The number of imidazole rings is 1. The Balaban J connectivity index is 1.43. The zero-order valence-electron chi connectivity index (χ0n) is 24.6. The van der Waals surface area contributed by atoms with Crippen LogP contribution in [0, 0.1) is 5.41 Å². The lowest BCUT2D eigenvalue weighted by molar-refractivity contribution is -0.160. The van der Waals surface area contributed by atoms with Crippen LogP contribution < -0.4 is 20.1 Å². The lowest BCUT2D eigenvalue weighted by Crippen LogP contribution is -2.38. The van der Waals surface area contributed by atoms with Gasteiger partial charge in [-0.05, 0) is 39.8 Å². The van der Waals surface area contributed by atoms with Crippen LogP contribution in [0.2, 0.25) is 0 Å². The monoisotopic (exact) mass is 618 g/mol. The van der Waals surface area contributed by atoms with Crippen molar-refractivity contribution in [2.24, 2.45) is 5.41 Å². The van der Waals surface area contributed by atoms with Gasteiger partial charge in [-0.2, -0.15) is 15.1 Å². The quantitative estimate of drug-likeness (QED) is 0.222. The number of esters is 2. The predicted octanol–water partition coefficient (Wildman–Crippen LogP) is 3.16. The van der Waals surface area contributed by atoms with E-state index in [1.807, 2.05) is 0 Å². The van der Waals surface area contributed by atoms with Gasteiger partial charge in [0.05, 0.1) is 30.6 Å². The summed E-state index contributed by atoms with van der Waals surface area (Å²) in [6, 6.07) is 7.35. The van der Waals surface area contributed by atoms with Crippen molar-refractivity contribution >= 4 is 36.8 Å². The number of carbonyl (C=O) groups is 2. The molecule has 1 aliphatic heterocycles. The molecule has 1 saturated heterocycles. The molecule has 0 spiro atoms. The van der Waals surface area contributed by atoms with Gasteiger partial charge >= 0.3 is 19.7 Å². The minimum Gasteiger partial charge on any atom is -0.476 e. The summed E-state index contributed by atoms with van der Waals surface area (Å²) in [5.74, 6) is -0.773. The number of hydrogen-bond acceptors (Lipinski definition) is 13. The average molecular weight is 619 g/mol. The van der Waals surface area contributed by atoms with Crippen LogP contribution in [0.15, 0.2) is 36.7 Å². The Kier molecular flexibility index (Phi) is 8.36. The third kappa shape index (κ3) is 6.03. The van der Waals surface area contributed by atoms with Crippen LogP contribution in [0.1, 0.15) is 47.8 Å². The van der Waals surface area contributed by atoms with E-state index in [9.17, 15) is 14.2 Å². The molecule has 0 bridgehead atoms. The summed E-state index contributed by atoms with van der Waals surface area (Å²) >= 11 is 0. The summed E-state index contributed by atoms with van der Waals surface area (Å²) in [5, 5.41) is 2.68. The highest BCUT2D eigenvalue weighted by Gasteiger charge is 2.78. The van der Waals surface area contributed by atoms with Crippen molar-refractivity contribution in [3.63, 3.8) is 0 Å². The molecule has 3 aromatic rings. The number of aromatic nitrogens is 4. The van der Waals surface area contributed by atoms with Gasteiger partial charge in [0.25, 0.3) is 0 Å². The van der Waals surface area contributed by atoms with E-state index in [1.165, 1.54) is 20.2 Å². The minimum atomic E-state index is -4.23. The molecule has 16 heteroatoms. The van der Waals surface area contributed by atoms with E-state index in [4.69, 9.17) is 33.7 Å². The van der Waals surface area contributed by atoms with Crippen LogP contribution in [0.4, 0.5) is 5.95 Å². The number of ether oxygens (including phenoxy) is 4. The summed E-state index contributed by atoms with van der Waals surface area (Å²) in [5.41, 5.74) is 5.63. The van der Waals surface area contributed by atoms with Crippen molar-refractivity contribution in [1.82, 2.24) is 24.6 Å². The molecule has 232 valence electrons. The molecule has 2 fully saturated rings. The Morgan fingerprint density at radius 3 is 2.56 bits per heavy atom. The maximum atomic E-state index is 14.2. The molecule has 1 unspecified atom stereocenters. The zero-order valence-corrected chi connectivity index (χ0v) is 25.5. The first kappa shape index (κ1) is 30.7. The fourth-order valence-corrected chi connectivity index (χ4v) is 6.84. The highest BCUT2D eigenvalue weighted by atomic mass is 31.2. The van der Waals surface area contributed by atoms with Gasteiger partial charge in [0.2, 0.25) is 11.8 Å². The molecule has 3 heterocycles. The largest absolute Gasteiger partial charge is 0.476 e. The number of benzene rings is 1. The number of carbonyl (C=O) groups excluding carboxylic acids is 2. The van der Waals surface area contributed by atoms with Gasteiger partial charge in [0, 0.05) is 6.92 Å². The van der Waals surface area contributed by atoms with Crippen molar-refractivity contribution in [3.05, 3.63) is 36.7 Å². The van der Waals surface area contributed by atoms with E-state index >= 15 is 0 Å². The van der Waals surface area contributed by atoms with Crippen molar-refractivity contribution in [3.8, 4) is 11.6 Å². The van der Waals surface area contributed by atoms with E-state index in [1.54, 1.807) is 62.6 Å². The number of para-hydroxylation sites is 1. The van der Waals surface area contributed by atoms with Gasteiger partial charge in [-0.15, -0.1) is 0 Å². The van der Waals surface area contributed by atoms with E-state index in [0.717, 1.165) is 0 Å². The highest BCUT2D eigenvalue weighted by molar-refractivity contribution is 7.52. The van der Waals surface area contributed by atoms with E-state index in [2.05, 4.69) is 20.0 Å². The molecule has 2 aromatic heterocycles. The first-order valence-corrected chi connectivity index (χ1v) is 15.4. The number of hydrogen-bond donors (Lipinski definition) is 2. The van der Waals surface area contributed by atoms with Crippen molar-refractivity contribution in [2.45, 2.75) is 78.2 Å². The van der Waals surface area contributed by atoms with Crippen LogP contribution in [-0.2, 0) is 32.9 Å². The molecule has 15 nitrogen and oxygen atoms in total. The Morgan fingerprint density at radius 2 is 1.91 bits per heavy atom. The fourth-order valence-electron chi connectivity index (χ4n) is 5.07. The molecule has 1 aliphatic carbocycles. The first-order chi connectivity index (χ1) is 20.4. The maximum absolute atomic E-state index is 14.2. The lowest BCUT2D eigenvalue weighted by atomic mass is 10.0. The van der Waals surface area contributed by atoms with Gasteiger partial charge in [-0.25, -0.2) is 9.55 Å². The van der Waals surface area contributed by atoms with Gasteiger partial charge < -0.3 is 29.2 Å². The van der Waals surface area contributed by atoms with Crippen molar-refractivity contribution in [1.29, 1.82) is 0 Å². The van der Waals surface area contributed by atoms with E-state index in [-0.39, 0.29) is 23.7 Å². The molecule has 0 radical (unpaired) electrons. The maximum Gasteiger partial charge on any atom is 0.459 e. The third-order valence-electron chi connectivity index (χ3n) is 7.08. The number of nitrogens with zero attached hydrogens (tertiary/aromatic N) is 4. The molecule has 1 saturated carbocycles. The number of nitrogens with one attached hydrogen (secondary N) is 1. The van der Waals surface area contributed by atoms with Crippen molar-refractivity contribution in [2.75, 3.05) is 12.3 Å². The summed E-state index contributed by atoms with van der Waals surface area (Å²) in [4.78, 5) is 37.6. The van der Waals surface area contributed by atoms with Crippen molar-refractivity contribution < 1.29 is 42.1 Å². The van der Waals surface area contributed by atoms with Gasteiger partial charge in [0.15, 0.2) is 23.5 Å². The number of rotatable bonds is 12. The van der Waals surface area contributed by atoms with Crippen LogP contribution in [0.25, 0.3) is 11.2 Å². The Hall–Kier alpha value is -3.78. The molecular weight excluding hydrogens is 583 g/mol. The average Bonchev–Trinajstić information content (AvgIpc) is 3.18. The van der Waals surface area contributed by atoms with E-state index < -0.39 is 55.7 Å². The van der Waals surface area contributed by atoms with E-state index in [0.29, 0.717) is 17.8 Å². The summed E-state index contributed by atoms with van der Waals surface area (Å²) in [6.07, 6.45) is -2.24. The highest BCUT2D eigenvalue weighted by Crippen LogP contribution is 2.67. The van der Waals surface area contributed by atoms with Crippen LogP contribution >= 0.6 is 7.75 Å². The second-order valence-electron chi connectivity index (χ2n) is 10.8. The SMILES string of the molecule is CCOc1nc(N)nc2c1ncn2[C@@H]1O[C@@H]2C(O[P@@](=O)(N[C@@H](C)C(=O)OC(C)C)Oc3ccccc3)[C@]2(C)[C@H]1OC(C)=O. The number of nitrogens with two attached hydrogens (primary N) is 1. The molecular formula is C27H35N6O9P. The Bertz CT molecular complexity index is 1550. The van der Waals surface area contributed by atoms with Crippen LogP contribution in [0.5, 0.6) is 11.6 Å². The Labute approximate surface area is 247 Å². The second kappa shape index (κ2) is 11.7. The minimum absolute atomic E-state index is 0.0347. The standard InChI is InChI=1S/C27H35N6O9P/c1-7-37-23-18-22(30-26(28)31-23)33(13-29-18)24-21(39-16(5)34)27(6)19(40-24)20(27)42-43(36,41-17-11-9-8-10-12-17)32-15(4)25(35)38-14(2)3/h8-15,19-21,24H,7H2,1-6H3,(H,32,36)(H2,28,30,31)/t15-,19+,20?,21-,24+,27+,43+/m0/s1. The second-order valence-corrected chi connectivity index (χ2v) is 12.4. The summed E-state index contributed by atoms with van der Waals surface area (Å²) in [6.45, 7) is 10.1. The van der Waals surface area contributed by atoms with Gasteiger partial charge in [-0.1, -0.05) is 25.1 Å². The molecule has 5 rings (SSSR count). The molecule has 2 aliphatic rings. The third-order valence-corrected chi connectivity index (χ3v) is 8.74. The van der Waals surface area contributed by atoms with Crippen LogP contribution in [-0.4, -0.2) is 68.5 Å². The number of fused-ring (bicyclic) bond motifs is 2. The molecule has 43 heavy (non-hydrogen) atoms. The summed E-state index contributed by atoms with van der Waals surface area (Å²) < 4.78 is 50.6. The normalized spacial score (nSPS) is 26.4. The summed E-state index contributed by atoms with van der Waals surface area (Å²) in [7, 11) is -4.23. The lowest BCUT2D eigenvalue weighted by Gasteiger charge is -2.29. The molecule has 1 aromatic carbocycles. The Morgan fingerprint density at radius 1 is 1.19 bits per heavy atom. The number of nitrogen functional groups attached to an aromatic ring is 1. The molecule has 3 N–H and O–H groups in total. The predicted molar refractivity (Wildman–Crippen MR) is 152 cm³/mol. The molecule has 7 atom stereocenters. The molecule has 0 amide bonds. The van der Waals surface area contributed by atoms with Gasteiger partial charge in [-0.3, -0.25) is 18.7 Å². The van der Waals surface area contributed by atoms with Crippen LogP contribution in [0.3, 0.4) is 0 Å². The fraction of sp³-hybridized carbons (Fsp3) is 0.519. The topological polar surface area (TPSA) is 188 Å². The van der Waals surface area contributed by atoms with Gasteiger partial charge in [0.1, 0.15) is 17.9 Å². The smallest absolute Gasteiger partial charge is 0.459 e. The first-order valence-electron chi connectivity index (χ1n) is 13.8. The number of anilines is 1.